The predicted octanol–water partition coefficient (Wildman–Crippen LogP) is 4.20. The molecule has 0 fully saturated rings. The molecule has 6 heteroatoms. The van der Waals surface area contributed by atoms with Crippen molar-refractivity contribution in [2.75, 3.05) is 18.1 Å². The minimum Gasteiger partial charge on any atom is -0.493 e. The molecule has 0 atom stereocenters. The van der Waals surface area contributed by atoms with Crippen LogP contribution in [0, 0.1) is 13.8 Å². The zero-order valence-electron chi connectivity index (χ0n) is 14.4. The number of hydrogen-bond donors (Lipinski definition) is 1. The number of ether oxygens (including phenoxy) is 1. The average Bonchev–Trinajstić information content (AvgIpc) is 2.50. The quantitative estimate of drug-likeness (QED) is 0.410. The van der Waals surface area contributed by atoms with Crippen molar-refractivity contribution in [1.82, 2.24) is 9.97 Å². The van der Waals surface area contributed by atoms with E-state index >= 15 is 0 Å². The second-order valence-electron chi connectivity index (χ2n) is 5.61. The molecule has 0 unspecified atom stereocenters. The Kier molecular flexibility index (Phi) is 7.72. The number of aromatic nitrogens is 2. The molecule has 0 radical (unpaired) electrons. The van der Waals surface area contributed by atoms with E-state index in [9.17, 15) is 4.79 Å². The lowest BCUT2D eigenvalue weighted by Crippen LogP contribution is -2.10. The van der Waals surface area contributed by atoms with Crippen molar-refractivity contribution in [3.63, 3.8) is 0 Å². The zero-order chi connectivity index (χ0) is 17.4. The standard InChI is InChI=1S/C18H24N2O2S2/c1-4-6-23-12-15-11-17(21)20-18(19-15)24-7-5-22-16-9-13(2)8-14(3)10-16/h8-11H,4-7,12H2,1-3H3,(H,19,20,21). The van der Waals surface area contributed by atoms with E-state index in [-0.39, 0.29) is 5.56 Å². The van der Waals surface area contributed by atoms with Gasteiger partial charge >= 0.3 is 0 Å². The van der Waals surface area contributed by atoms with Crippen LogP contribution in [0.4, 0.5) is 0 Å². The van der Waals surface area contributed by atoms with E-state index in [1.54, 1.807) is 17.8 Å². The van der Waals surface area contributed by atoms with Gasteiger partial charge in [0.2, 0.25) is 0 Å². The zero-order valence-corrected chi connectivity index (χ0v) is 16.1. The lowest BCUT2D eigenvalue weighted by Gasteiger charge is -2.08. The minimum atomic E-state index is -0.0881. The molecule has 0 aliphatic heterocycles. The first kappa shape index (κ1) is 18.9. The number of rotatable bonds is 9. The Morgan fingerprint density at radius 1 is 1.12 bits per heavy atom. The molecule has 2 aromatic rings. The van der Waals surface area contributed by atoms with Gasteiger partial charge in [0, 0.05) is 17.6 Å². The molecule has 0 spiro atoms. The molecule has 0 aliphatic carbocycles. The van der Waals surface area contributed by atoms with Crippen LogP contribution in [0.25, 0.3) is 0 Å². The average molecular weight is 365 g/mol. The molecule has 4 nitrogen and oxygen atoms in total. The lowest BCUT2D eigenvalue weighted by molar-refractivity contribution is 0.343. The summed E-state index contributed by atoms with van der Waals surface area (Å²) in [5.41, 5.74) is 3.15. The van der Waals surface area contributed by atoms with Crippen LogP contribution in [0.2, 0.25) is 0 Å². The first-order valence-electron chi connectivity index (χ1n) is 8.08. The molecule has 1 N–H and O–H groups in total. The van der Waals surface area contributed by atoms with Gasteiger partial charge in [-0.3, -0.25) is 4.79 Å². The normalized spacial score (nSPS) is 10.8. The van der Waals surface area contributed by atoms with Gasteiger partial charge in [-0.1, -0.05) is 24.8 Å². The number of nitrogens with one attached hydrogen (secondary N) is 1. The molecule has 1 aromatic heterocycles. The maximum Gasteiger partial charge on any atom is 0.251 e. The van der Waals surface area contributed by atoms with Crippen LogP contribution in [0.3, 0.4) is 0 Å². The molecule has 24 heavy (non-hydrogen) atoms. The Bertz CT molecular complexity index is 696. The molecule has 0 amide bonds. The van der Waals surface area contributed by atoms with E-state index < -0.39 is 0 Å². The van der Waals surface area contributed by atoms with Gasteiger partial charge in [0.1, 0.15) is 5.75 Å². The topological polar surface area (TPSA) is 55.0 Å². The fourth-order valence-electron chi connectivity index (χ4n) is 2.26. The van der Waals surface area contributed by atoms with Crippen LogP contribution >= 0.6 is 23.5 Å². The third kappa shape index (κ3) is 6.61. The Labute approximate surface area is 151 Å². The van der Waals surface area contributed by atoms with Crippen molar-refractivity contribution in [3.8, 4) is 5.75 Å². The highest BCUT2D eigenvalue weighted by Crippen LogP contribution is 2.18. The van der Waals surface area contributed by atoms with Gasteiger partial charge in [-0.15, -0.1) is 0 Å². The van der Waals surface area contributed by atoms with E-state index in [2.05, 4.69) is 36.8 Å². The maximum atomic E-state index is 11.7. The van der Waals surface area contributed by atoms with Crippen molar-refractivity contribution in [2.45, 2.75) is 38.1 Å². The summed E-state index contributed by atoms with van der Waals surface area (Å²) >= 11 is 3.32. The van der Waals surface area contributed by atoms with Crippen LogP contribution in [0.15, 0.2) is 34.2 Å². The van der Waals surface area contributed by atoms with Crippen molar-refractivity contribution in [3.05, 3.63) is 51.4 Å². The number of nitrogens with zero attached hydrogens (tertiary/aromatic N) is 1. The fourth-order valence-corrected chi connectivity index (χ4v) is 3.77. The van der Waals surface area contributed by atoms with E-state index in [0.717, 1.165) is 35.1 Å². The minimum absolute atomic E-state index is 0.0881. The van der Waals surface area contributed by atoms with Crippen molar-refractivity contribution >= 4 is 23.5 Å². The molecule has 0 saturated carbocycles. The Morgan fingerprint density at radius 3 is 2.58 bits per heavy atom. The number of thioether (sulfide) groups is 2. The molecule has 1 heterocycles. The van der Waals surface area contributed by atoms with Gasteiger partial charge in [0.05, 0.1) is 12.3 Å². The van der Waals surface area contributed by atoms with Crippen LogP contribution in [0.5, 0.6) is 5.75 Å². The Balaban J connectivity index is 1.84. The summed E-state index contributed by atoms with van der Waals surface area (Å²) in [6.45, 7) is 6.85. The van der Waals surface area contributed by atoms with E-state index in [4.69, 9.17) is 4.74 Å². The summed E-state index contributed by atoms with van der Waals surface area (Å²) in [5, 5.41) is 0.665. The van der Waals surface area contributed by atoms with Crippen molar-refractivity contribution < 1.29 is 4.74 Å². The molecule has 0 saturated heterocycles. The SMILES string of the molecule is CCCSCc1cc(=O)[nH]c(SCCOc2cc(C)cc(C)c2)n1. The molecular formula is C18H24N2O2S2. The molecular weight excluding hydrogens is 340 g/mol. The summed E-state index contributed by atoms with van der Waals surface area (Å²) < 4.78 is 5.78. The third-order valence-corrected chi connectivity index (χ3v) is 5.19. The third-order valence-electron chi connectivity index (χ3n) is 3.16. The second kappa shape index (κ2) is 9.79. The fraction of sp³-hybridized carbons (Fsp3) is 0.444. The summed E-state index contributed by atoms with van der Waals surface area (Å²) in [7, 11) is 0. The molecule has 2 rings (SSSR count). The van der Waals surface area contributed by atoms with Gasteiger partial charge in [-0.05, 0) is 49.3 Å². The highest BCUT2D eigenvalue weighted by atomic mass is 32.2. The number of aromatic amines is 1. The van der Waals surface area contributed by atoms with Crippen LogP contribution in [0.1, 0.15) is 30.2 Å². The number of H-pyrrole nitrogens is 1. The first-order chi connectivity index (χ1) is 11.6. The molecule has 130 valence electrons. The van der Waals surface area contributed by atoms with Gasteiger partial charge in [0.15, 0.2) is 5.16 Å². The van der Waals surface area contributed by atoms with Gasteiger partial charge in [-0.2, -0.15) is 11.8 Å². The lowest BCUT2D eigenvalue weighted by atomic mass is 10.1. The monoisotopic (exact) mass is 364 g/mol. The second-order valence-corrected chi connectivity index (χ2v) is 7.80. The van der Waals surface area contributed by atoms with E-state index in [1.165, 1.54) is 22.9 Å². The maximum absolute atomic E-state index is 11.7. The van der Waals surface area contributed by atoms with E-state index in [1.807, 2.05) is 12.1 Å². The van der Waals surface area contributed by atoms with Gasteiger partial charge in [-0.25, -0.2) is 4.98 Å². The summed E-state index contributed by atoms with van der Waals surface area (Å²) in [5.74, 6) is 3.49. The molecule has 1 aromatic carbocycles. The smallest absolute Gasteiger partial charge is 0.251 e. The van der Waals surface area contributed by atoms with Gasteiger partial charge < -0.3 is 9.72 Å². The van der Waals surface area contributed by atoms with Crippen LogP contribution < -0.4 is 10.3 Å². The number of hydrogen-bond acceptors (Lipinski definition) is 5. The van der Waals surface area contributed by atoms with Crippen molar-refractivity contribution in [1.29, 1.82) is 0 Å². The van der Waals surface area contributed by atoms with E-state index in [0.29, 0.717) is 11.8 Å². The number of benzene rings is 1. The highest BCUT2D eigenvalue weighted by molar-refractivity contribution is 7.99. The largest absolute Gasteiger partial charge is 0.493 e. The number of aryl methyl sites for hydroxylation is 2. The summed E-state index contributed by atoms with van der Waals surface area (Å²) in [6.07, 6.45) is 1.13. The first-order valence-corrected chi connectivity index (χ1v) is 10.2. The van der Waals surface area contributed by atoms with Crippen LogP contribution in [-0.4, -0.2) is 28.1 Å². The Morgan fingerprint density at radius 2 is 1.88 bits per heavy atom. The van der Waals surface area contributed by atoms with Gasteiger partial charge in [0.25, 0.3) is 5.56 Å². The van der Waals surface area contributed by atoms with Crippen LogP contribution in [-0.2, 0) is 5.75 Å². The summed E-state index contributed by atoms with van der Waals surface area (Å²) in [6, 6.07) is 7.77. The van der Waals surface area contributed by atoms with Crippen molar-refractivity contribution in [2.24, 2.45) is 0 Å². The molecule has 0 bridgehead atoms. The summed E-state index contributed by atoms with van der Waals surface area (Å²) in [4.78, 5) is 19.0. The molecule has 0 aliphatic rings. The Hall–Kier alpha value is -1.40. The highest BCUT2D eigenvalue weighted by Gasteiger charge is 2.03. The predicted molar refractivity (Wildman–Crippen MR) is 103 cm³/mol.